The Hall–Kier alpha value is -2.93. The summed E-state index contributed by atoms with van der Waals surface area (Å²) in [6.07, 6.45) is 0.0833. The number of nitrogens with one attached hydrogen (secondary N) is 2. The molecule has 30 heavy (non-hydrogen) atoms. The lowest BCUT2D eigenvalue weighted by atomic mass is 10.1. The molecule has 0 heterocycles. The predicted octanol–water partition coefficient (Wildman–Crippen LogP) is 3.28. The molecule has 0 aromatic heterocycles. The fourth-order valence-corrected chi connectivity index (χ4v) is 2.70. The second kappa shape index (κ2) is 11.9. The van der Waals surface area contributed by atoms with E-state index in [1.807, 2.05) is 0 Å². The van der Waals surface area contributed by atoms with E-state index in [-0.39, 0.29) is 18.1 Å². The number of rotatable bonds is 10. The molecule has 0 aliphatic rings. The molecule has 0 aliphatic carbocycles. The SMILES string of the molecule is CC(OC(=O)CCCNC(=O)c1ccc(Cl)cc1)C(=O)NCCc1ccc(F)cc1. The molecular weight excluding hydrogens is 411 g/mol. The number of halogens is 2. The van der Waals surface area contributed by atoms with Crippen molar-refractivity contribution in [3.05, 3.63) is 70.5 Å². The quantitative estimate of drug-likeness (QED) is 0.444. The minimum atomic E-state index is -0.922. The van der Waals surface area contributed by atoms with Gasteiger partial charge in [-0.15, -0.1) is 0 Å². The van der Waals surface area contributed by atoms with Crippen molar-refractivity contribution in [1.29, 1.82) is 0 Å². The number of benzene rings is 2. The molecule has 160 valence electrons. The van der Waals surface area contributed by atoms with E-state index in [1.165, 1.54) is 19.1 Å². The number of carbonyl (C=O) groups excluding carboxylic acids is 3. The molecule has 0 spiro atoms. The zero-order valence-corrected chi connectivity index (χ0v) is 17.4. The first-order chi connectivity index (χ1) is 14.3. The maximum Gasteiger partial charge on any atom is 0.306 e. The molecule has 6 nitrogen and oxygen atoms in total. The lowest BCUT2D eigenvalue weighted by molar-refractivity contribution is -0.154. The zero-order valence-electron chi connectivity index (χ0n) is 16.6. The normalized spacial score (nSPS) is 11.4. The van der Waals surface area contributed by atoms with Gasteiger partial charge in [0.25, 0.3) is 11.8 Å². The van der Waals surface area contributed by atoms with Gasteiger partial charge in [0.05, 0.1) is 0 Å². The van der Waals surface area contributed by atoms with Gasteiger partial charge in [-0.3, -0.25) is 14.4 Å². The molecule has 0 saturated heterocycles. The van der Waals surface area contributed by atoms with E-state index in [9.17, 15) is 18.8 Å². The highest BCUT2D eigenvalue weighted by atomic mass is 35.5. The number of carbonyl (C=O) groups is 3. The molecule has 0 radical (unpaired) electrons. The Morgan fingerprint density at radius 1 is 1.00 bits per heavy atom. The van der Waals surface area contributed by atoms with Gasteiger partial charge in [-0.2, -0.15) is 0 Å². The molecule has 0 bridgehead atoms. The van der Waals surface area contributed by atoms with E-state index in [0.717, 1.165) is 5.56 Å². The van der Waals surface area contributed by atoms with Gasteiger partial charge in [-0.25, -0.2) is 4.39 Å². The first kappa shape index (κ1) is 23.3. The Labute approximate surface area is 179 Å². The molecule has 2 rings (SSSR count). The van der Waals surface area contributed by atoms with Crippen LogP contribution in [0.2, 0.25) is 5.02 Å². The second-order valence-corrected chi connectivity index (χ2v) is 7.10. The lowest BCUT2D eigenvalue weighted by Gasteiger charge is -2.13. The topological polar surface area (TPSA) is 84.5 Å². The molecule has 2 aromatic carbocycles. The highest BCUT2D eigenvalue weighted by molar-refractivity contribution is 6.30. The van der Waals surface area contributed by atoms with Crippen LogP contribution >= 0.6 is 11.6 Å². The Morgan fingerprint density at radius 2 is 1.67 bits per heavy atom. The van der Waals surface area contributed by atoms with E-state index in [2.05, 4.69) is 10.6 Å². The average Bonchev–Trinajstić information content (AvgIpc) is 2.72. The van der Waals surface area contributed by atoms with Gasteiger partial charge in [0.1, 0.15) is 5.82 Å². The molecular formula is C22H24ClFN2O4. The third-order valence-electron chi connectivity index (χ3n) is 4.25. The molecule has 8 heteroatoms. The molecule has 1 atom stereocenters. The van der Waals surface area contributed by atoms with Gasteiger partial charge in [-0.1, -0.05) is 23.7 Å². The number of amides is 2. The first-order valence-corrected chi connectivity index (χ1v) is 9.98. The van der Waals surface area contributed by atoms with Crippen molar-refractivity contribution in [1.82, 2.24) is 10.6 Å². The minimum absolute atomic E-state index is 0.0775. The third-order valence-corrected chi connectivity index (χ3v) is 4.51. The van der Waals surface area contributed by atoms with E-state index in [1.54, 1.807) is 36.4 Å². The minimum Gasteiger partial charge on any atom is -0.453 e. The smallest absolute Gasteiger partial charge is 0.306 e. The molecule has 2 N–H and O–H groups in total. The summed E-state index contributed by atoms with van der Waals surface area (Å²) in [5.41, 5.74) is 1.37. The van der Waals surface area contributed by atoms with Crippen molar-refractivity contribution in [3.63, 3.8) is 0 Å². The number of esters is 1. The Kier molecular flexibility index (Phi) is 9.28. The van der Waals surface area contributed by atoms with Crippen molar-refractivity contribution < 1.29 is 23.5 Å². The van der Waals surface area contributed by atoms with E-state index < -0.39 is 18.0 Å². The summed E-state index contributed by atoms with van der Waals surface area (Å²) in [6.45, 7) is 2.14. The van der Waals surface area contributed by atoms with Crippen LogP contribution in [-0.4, -0.2) is 37.0 Å². The van der Waals surface area contributed by atoms with Crippen molar-refractivity contribution >= 4 is 29.4 Å². The van der Waals surface area contributed by atoms with Crippen LogP contribution in [-0.2, 0) is 20.7 Å². The summed E-state index contributed by atoms with van der Waals surface area (Å²) in [7, 11) is 0. The number of ether oxygens (including phenoxy) is 1. The van der Waals surface area contributed by atoms with Crippen LogP contribution < -0.4 is 10.6 Å². The molecule has 2 amide bonds. The lowest BCUT2D eigenvalue weighted by Crippen LogP contribution is -2.37. The average molecular weight is 435 g/mol. The van der Waals surface area contributed by atoms with E-state index >= 15 is 0 Å². The van der Waals surface area contributed by atoms with Gasteiger partial charge in [0.2, 0.25) is 0 Å². The largest absolute Gasteiger partial charge is 0.453 e. The van der Waals surface area contributed by atoms with Crippen LogP contribution in [0.25, 0.3) is 0 Å². The van der Waals surface area contributed by atoms with Crippen molar-refractivity contribution in [2.24, 2.45) is 0 Å². The fraction of sp³-hybridized carbons (Fsp3) is 0.318. The van der Waals surface area contributed by atoms with Crippen LogP contribution in [0.3, 0.4) is 0 Å². The van der Waals surface area contributed by atoms with Crippen LogP contribution in [0.4, 0.5) is 4.39 Å². The zero-order chi connectivity index (χ0) is 21.9. The first-order valence-electron chi connectivity index (χ1n) is 9.60. The van der Waals surface area contributed by atoms with E-state index in [0.29, 0.717) is 36.5 Å². The van der Waals surface area contributed by atoms with Crippen molar-refractivity contribution in [2.75, 3.05) is 13.1 Å². The third kappa shape index (κ3) is 8.21. The Balaban J connectivity index is 1.60. The summed E-state index contributed by atoms with van der Waals surface area (Å²) >= 11 is 5.78. The van der Waals surface area contributed by atoms with E-state index in [4.69, 9.17) is 16.3 Å². The van der Waals surface area contributed by atoms with Crippen LogP contribution in [0, 0.1) is 5.82 Å². The van der Waals surface area contributed by atoms with Crippen LogP contribution in [0.5, 0.6) is 0 Å². The summed E-state index contributed by atoms with van der Waals surface area (Å²) in [6, 6.07) is 12.5. The maximum atomic E-state index is 12.9. The standard InChI is InChI=1S/C22H24ClFN2O4/c1-15(21(28)26-14-12-16-4-10-19(24)11-5-16)30-20(27)3-2-13-25-22(29)17-6-8-18(23)9-7-17/h4-11,15H,2-3,12-14H2,1H3,(H,25,29)(H,26,28). The van der Waals surface area contributed by atoms with Crippen LogP contribution in [0.1, 0.15) is 35.7 Å². The Bertz CT molecular complexity index is 856. The highest BCUT2D eigenvalue weighted by Gasteiger charge is 2.17. The summed E-state index contributed by atoms with van der Waals surface area (Å²) in [5, 5.41) is 5.93. The Morgan fingerprint density at radius 3 is 2.33 bits per heavy atom. The highest BCUT2D eigenvalue weighted by Crippen LogP contribution is 2.09. The number of hydrogen-bond donors (Lipinski definition) is 2. The van der Waals surface area contributed by atoms with Gasteiger partial charge in [0, 0.05) is 30.1 Å². The van der Waals surface area contributed by atoms with Crippen molar-refractivity contribution in [3.8, 4) is 0 Å². The molecule has 0 saturated carbocycles. The van der Waals surface area contributed by atoms with Gasteiger partial charge in [0.15, 0.2) is 6.10 Å². The molecule has 0 fully saturated rings. The maximum absolute atomic E-state index is 12.9. The summed E-state index contributed by atoms with van der Waals surface area (Å²) in [5.74, 6) is -1.49. The second-order valence-electron chi connectivity index (χ2n) is 6.67. The molecule has 1 unspecified atom stereocenters. The van der Waals surface area contributed by atoms with Crippen LogP contribution in [0.15, 0.2) is 48.5 Å². The monoisotopic (exact) mass is 434 g/mol. The number of hydrogen-bond acceptors (Lipinski definition) is 4. The van der Waals surface area contributed by atoms with Crippen molar-refractivity contribution in [2.45, 2.75) is 32.3 Å². The molecule has 2 aromatic rings. The summed E-state index contributed by atoms with van der Waals surface area (Å²) < 4.78 is 18.0. The summed E-state index contributed by atoms with van der Waals surface area (Å²) in [4.78, 5) is 35.8. The van der Waals surface area contributed by atoms with Gasteiger partial charge >= 0.3 is 5.97 Å². The predicted molar refractivity (Wildman–Crippen MR) is 112 cm³/mol. The van der Waals surface area contributed by atoms with Gasteiger partial charge < -0.3 is 15.4 Å². The fourth-order valence-electron chi connectivity index (χ4n) is 2.57. The van der Waals surface area contributed by atoms with Gasteiger partial charge in [-0.05, 0) is 61.7 Å². The molecule has 0 aliphatic heterocycles.